The summed E-state index contributed by atoms with van der Waals surface area (Å²) in [5.74, 6) is 1.26. The van der Waals surface area contributed by atoms with E-state index in [9.17, 15) is 4.79 Å². The Labute approximate surface area is 144 Å². The van der Waals surface area contributed by atoms with Crippen molar-refractivity contribution in [3.63, 3.8) is 0 Å². The second-order valence-electron chi connectivity index (χ2n) is 6.47. The predicted molar refractivity (Wildman–Crippen MR) is 97.7 cm³/mol. The number of ether oxygens (including phenoxy) is 1. The molecule has 6 heteroatoms. The van der Waals surface area contributed by atoms with Crippen molar-refractivity contribution >= 4 is 11.9 Å². The molecule has 0 aliphatic heterocycles. The van der Waals surface area contributed by atoms with E-state index in [0.29, 0.717) is 24.3 Å². The van der Waals surface area contributed by atoms with Gasteiger partial charge in [-0.1, -0.05) is 38.8 Å². The third kappa shape index (κ3) is 9.02. The van der Waals surface area contributed by atoms with E-state index in [1.807, 2.05) is 18.2 Å². The van der Waals surface area contributed by atoms with Crippen LogP contribution >= 0.6 is 0 Å². The van der Waals surface area contributed by atoms with Crippen LogP contribution in [0.2, 0.25) is 0 Å². The number of hydrogen-bond donors (Lipinski definition) is 3. The zero-order chi connectivity index (χ0) is 17.9. The highest BCUT2D eigenvalue weighted by Crippen LogP contribution is 2.14. The van der Waals surface area contributed by atoms with Crippen LogP contribution in [0.1, 0.15) is 45.6 Å². The van der Waals surface area contributed by atoms with Gasteiger partial charge in [-0.25, -0.2) is 4.99 Å². The van der Waals surface area contributed by atoms with E-state index in [1.165, 1.54) is 12.8 Å². The molecule has 0 saturated carbocycles. The van der Waals surface area contributed by atoms with E-state index in [2.05, 4.69) is 31.1 Å². The molecule has 0 heterocycles. The molecule has 1 rings (SSSR count). The van der Waals surface area contributed by atoms with Crippen molar-refractivity contribution in [1.29, 1.82) is 0 Å². The minimum Gasteiger partial charge on any atom is -0.484 e. The molecule has 1 aromatic carbocycles. The molecule has 0 saturated heterocycles. The highest BCUT2D eigenvalue weighted by atomic mass is 16.5. The number of guanidine groups is 1. The Morgan fingerprint density at radius 3 is 2.67 bits per heavy atom. The summed E-state index contributed by atoms with van der Waals surface area (Å²) in [5.41, 5.74) is 12.0. The summed E-state index contributed by atoms with van der Waals surface area (Å²) in [6.45, 7) is 6.89. The van der Waals surface area contributed by atoms with Crippen LogP contribution in [0.15, 0.2) is 29.3 Å². The number of nitrogens with zero attached hydrogens (tertiary/aromatic N) is 1. The molecule has 1 amide bonds. The smallest absolute Gasteiger partial charge is 0.255 e. The van der Waals surface area contributed by atoms with Gasteiger partial charge >= 0.3 is 0 Å². The molecule has 0 aromatic heterocycles. The van der Waals surface area contributed by atoms with E-state index in [4.69, 9.17) is 16.2 Å². The van der Waals surface area contributed by atoms with E-state index in [0.717, 1.165) is 17.9 Å². The number of carbonyl (C=O) groups is 1. The fourth-order valence-electron chi connectivity index (χ4n) is 2.27. The molecule has 1 aromatic rings. The standard InChI is InChI=1S/C18H30N4O2/c1-13(2)6-4-7-14(3)22-18(20)21-11-15-8-5-9-16(10-15)24-12-17(19)23/h5,8-10,13-14H,4,6-7,11-12H2,1-3H3,(H2,19,23)(H3,20,21,22). The fraction of sp³-hybridized carbons (Fsp3) is 0.556. The average Bonchev–Trinajstić information content (AvgIpc) is 2.51. The first-order valence-corrected chi connectivity index (χ1v) is 8.43. The van der Waals surface area contributed by atoms with Gasteiger partial charge in [0.05, 0.1) is 6.54 Å². The Balaban J connectivity index is 2.43. The molecule has 134 valence electrons. The number of nitrogens with one attached hydrogen (secondary N) is 1. The van der Waals surface area contributed by atoms with E-state index >= 15 is 0 Å². The summed E-state index contributed by atoms with van der Waals surface area (Å²) in [6.07, 6.45) is 3.48. The molecular formula is C18H30N4O2. The second kappa shape index (κ2) is 10.5. The lowest BCUT2D eigenvalue weighted by Crippen LogP contribution is -2.38. The van der Waals surface area contributed by atoms with Gasteiger partial charge in [-0.2, -0.15) is 0 Å². The number of nitrogens with two attached hydrogens (primary N) is 2. The zero-order valence-electron chi connectivity index (χ0n) is 14.9. The molecular weight excluding hydrogens is 304 g/mol. The van der Waals surface area contributed by atoms with Gasteiger partial charge in [-0.3, -0.25) is 4.79 Å². The third-order valence-corrected chi connectivity index (χ3v) is 3.52. The maximum atomic E-state index is 10.7. The van der Waals surface area contributed by atoms with E-state index < -0.39 is 5.91 Å². The summed E-state index contributed by atoms with van der Waals surface area (Å²) in [7, 11) is 0. The lowest BCUT2D eigenvalue weighted by molar-refractivity contribution is -0.119. The number of rotatable bonds is 10. The molecule has 1 unspecified atom stereocenters. The van der Waals surface area contributed by atoms with Crippen molar-refractivity contribution in [1.82, 2.24) is 5.32 Å². The van der Waals surface area contributed by atoms with Crippen molar-refractivity contribution < 1.29 is 9.53 Å². The third-order valence-electron chi connectivity index (χ3n) is 3.52. The monoisotopic (exact) mass is 334 g/mol. The second-order valence-corrected chi connectivity index (χ2v) is 6.47. The maximum absolute atomic E-state index is 10.7. The number of amides is 1. The van der Waals surface area contributed by atoms with Gasteiger partial charge in [-0.15, -0.1) is 0 Å². The number of aliphatic imine (C=N–C) groups is 1. The van der Waals surface area contributed by atoms with Crippen molar-refractivity contribution in [2.24, 2.45) is 22.4 Å². The maximum Gasteiger partial charge on any atom is 0.255 e. The molecule has 0 radical (unpaired) electrons. The quantitative estimate of drug-likeness (QED) is 0.450. The first kappa shape index (κ1) is 19.8. The van der Waals surface area contributed by atoms with Crippen LogP contribution in [0.25, 0.3) is 0 Å². The number of benzene rings is 1. The molecule has 0 spiro atoms. The zero-order valence-corrected chi connectivity index (χ0v) is 14.9. The summed E-state index contributed by atoms with van der Waals surface area (Å²) in [4.78, 5) is 15.1. The molecule has 1 atom stereocenters. The normalized spacial score (nSPS) is 12.9. The summed E-state index contributed by atoms with van der Waals surface area (Å²) < 4.78 is 5.27. The van der Waals surface area contributed by atoms with Crippen LogP contribution in [0.3, 0.4) is 0 Å². The number of hydrogen-bond acceptors (Lipinski definition) is 3. The minimum absolute atomic E-state index is 0.135. The Bertz CT molecular complexity index is 544. The highest BCUT2D eigenvalue weighted by molar-refractivity contribution is 5.78. The van der Waals surface area contributed by atoms with Crippen molar-refractivity contribution in [3.8, 4) is 5.75 Å². The van der Waals surface area contributed by atoms with Crippen molar-refractivity contribution in [2.45, 2.75) is 52.6 Å². The van der Waals surface area contributed by atoms with Crippen LogP contribution in [0.4, 0.5) is 0 Å². The van der Waals surface area contributed by atoms with Crippen molar-refractivity contribution in [2.75, 3.05) is 6.61 Å². The molecule has 5 N–H and O–H groups in total. The predicted octanol–water partition coefficient (Wildman–Crippen LogP) is 2.17. The fourth-order valence-corrected chi connectivity index (χ4v) is 2.27. The minimum atomic E-state index is -0.502. The summed E-state index contributed by atoms with van der Waals surface area (Å²) in [5, 5.41) is 3.21. The highest BCUT2D eigenvalue weighted by Gasteiger charge is 2.04. The molecule has 0 aliphatic carbocycles. The molecule has 24 heavy (non-hydrogen) atoms. The van der Waals surface area contributed by atoms with Crippen LogP contribution in [-0.4, -0.2) is 24.5 Å². The first-order chi connectivity index (χ1) is 11.4. The van der Waals surface area contributed by atoms with Crippen LogP contribution < -0.4 is 21.5 Å². The van der Waals surface area contributed by atoms with E-state index in [1.54, 1.807) is 6.07 Å². The topological polar surface area (TPSA) is 103 Å². The molecule has 6 nitrogen and oxygen atoms in total. The Hall–Kier alpha value is -2.24. The SMILES string of the molecule is CC(C)CCCC(C)NC(N)=NCc1cccc(OCC(N)=O)c1. The van der Waals surface area contributed by atoms with Gasteiger partial charge in [-0.05, 0) is 37.0 Å². The average molecular weight is 334 g/mol. The molecule has 0 fully saturated rings. The molecule has 0 bridgehead atoms. The largest absolute Gasteiger partial charge is 0.484 e. The van der Waals surface area contributed by atoms with Crippen molar-refractivity contribution in [3.05, 3.63) is 29.8 Å². The van der Waals surface area contributed by atoms with Gasteiger partial charge in [0.1, 0.15) is 5.75 Å². The number of carbonyl (C=O) groups excluding carboxylic acids is 1. The van der Waals surface area contributed by atoms with Gasteiger partial charge in [0.2, 0.25) is 0 Å². The van der Waals surface area contributed by atoms with Crippen LogP contribution in [-0.2, 0) is 11.3 Å². The Kier molecular flexibility index (Phi) is 8.68. The lowest BCUT2D eigenvalue weighted by Gasteiger charge is -2.15. The Morgan fingerprint density at radius 1 is 1.25 bits per heavy atom. The van der Waals surface area contributed by atoms with Crippen LogP contribution in [0, 0.1) is 5.92 Å². The lowest BCUT2D eigenvalue weighted by atomic mass is 10.0. The molecule has 0 aliphatic rings. The van der Waals surface area contributed by atoms with E-state index in [-0.39, 0.29) is 6.61 Å². The first-order valence-electron chi connectivity index (χ1n) is 8.43. The Morgan fingerprint density at radius 2 is 2.00 bits per heavy atom. The number of primary amides is 1. The summed E-state index contributed by atoms with van der Waals surface area (Å²) >= 11 is 0. The van der Waals surface area contributed by atoms with Gasteiger partial charge < -0.3 is 21.5 Å². The van der Waals surface area contributed by atoms with Gasteiger partial charge in [0.25, 0.3) is 5.91 Å². The van der Waals surface area contributed by atoms with Crippen LogP contribution in [0.5, 0.6) is 5.75 Å². The van der Waals surface area contributed by atoms with Gasteiger partial charge in [0, 0.05) is 6.04 Å². The summed E-state index contributed by atoms with van der Waals surface area (Å²) in [6, 6.07) is 7.68. The van der Waals surface area contributed by atoms with Gasteiger partial charge in [0.15, 0.2) is 12.6 Å².